The number of hydrogen-bond donors (Lipinski definition) is 0. The number of hydrogen-bond acceptors (Lipinski definition) is 3. The Hall–Kier alpha value is -3.37. The second-order valence-electron chi connectivity index (χ2n) is 6.43. The van der Waals surface area contributed by atoms with E-state index in [1.165, 1.54) is 24.3 Å². The number of benzene rings is 3. The number of carbonyl (C=O) groups is 1. The van der Waals surface area contributed by atoms with Gasteiger partial charge in [-0.25, -0.2) is 4.39 Å². The molecule has 0 aliphatic heterocycles. The Morgan fingerprint density at radius 2 is 1.83 bits per heavy atom. The highest BCUT2D eigenvalue weighted by Gasteiger charge is 2.06. The summed E-state index contributed by atoms with van der Waals surface area (Å²) in [7, 11) is 0. The Morgan fingerprint density at radius 1 is 1.00 bits per heavy atom. The van der Waals surface area contributed by atoms with Gasteiger partial charge in [0.05, 0.1) is 5.02 Å². The lowest BCUT2D eigenvalue weighted by atomic mass is 10.0. The third-order valence-corrected chi connectivity index (χ3v) is 4.68. The van der Waals surface area contributed by atoms with Gasteiger partial charge in [-0.05, 0) is 53.3 Å². The molecule has 4 rings (SSSR count). The maximum absolute atomic E-state index is 13.2. The highest BCUT2D eigenvalue weighted by Crippen LogP contribution is 2.22. The topological polar surface area (TPSA) is 39.4 Å². The van der Waals surface area contributed by atoms with E-state index in [1.54, 1.807) is 18.2 Å². The Morgan fingerprint density at radius 3 is 2.66 bits per heavy atom. The van der Waals surface area contributed by atoms with E-state index in [1.807, 2.05) is 42.5 Å². The highest BCUT2D eigenvalue weighted by molar-refractivity contribution is 6.30. The summed E-state index contributed by atoms with van der Waals surface area (Å²) in [6, 6.07) is 21.1. The summed E-state index contributed by atoms with van der Waals surface area (Å²) in [6.07, 6.45) is 3.10. The Labute approximate surface area is 172 Å². The molecular weight excluding hydrogens is 391 g/mol. The van der Waals surface area contributed by atoms with E-state index in [0.29, 0.717) is 22.8 Å². The first-order chi connectivity index (χ1) is 14.1. The second-order valence-corrected chi connectivity index (χ2v) is 6.84. The first-order valence-corrected chi connectivity index (χ1v) is 9.34. The minimum Gasteiger partial charge on any atom is -0.486 e. The van der Waals surface area contributed by atoms with Gasteiger partial charge in [0.15, 0.2) is 5.78 Å². The summed E-state index contributed by atoms with van der Waals surface area (Å²) in [4.78, 5) is 12.4. The fraction of sp³-hybridized carbons (Fsp3) is 0.0417. The fourth-order valence-electron chi connectivity index (χ4n) is 2.88. The van der Waals surface area contributed by atoms with Crippen molar-refractivity contribution in [2.45, 2.75) is 6.61 Å². The molecule has 29 heavy (non-hydrogen) atoms. The molecule has 0 saturated carbocycles. The molecule has 5 heteroatoms. The van der Waals surface area contributed by atoms with Crippen LogP contribution in [0, 0.1) is 5.82 Å². The number of fused-ring (bicyclic) bond motifs is 1. The molecule has 0 unspecified atom stereocenters. The van der Waals surface area contributed by atoms with E-state index in [4.69, 9.17) is 20.8 Å². The van der Waals surface area contributed by atoms with Gasteiger partial charge in [-0.3, -0.25) is 4.79 Å². The quantitative estimate of drug-likeness (QED) is 0.264. The van der Waals surface area contributed by atoms with Gasteiger partial charge in [0.2, 0.25) is 0 Å². The van der Waals surface area contributed by atoms with Crippen LogP contribution in [0.2, 0.25) is 5.02 Å². The minimum absolute atomic E-state index is 0.00206. The molecule has 0 saturated heterocycles. The van der Waals surface area contributed by atoms with E-state index in [-0.39, 0.29) is 17.4 Å². The van der Waals surface area contributed by atoms with Crippen molar-refractivity contribution in [1.82, 2.24) is 0 Å². The minimum atomic E-state index is -0.500. The standard InChI is InChI=1S/C24H16ClFO3/c25-22-14-20(9-11-23(22)26)28-15-21-8-7-19(29-21)10-12-24(27)18-6-5-16-3-1-2-4-17(16)13-18/h1-14H,15H2/b12-10+. The molecule has 0 atom stereocenters. The SMILES string of the molecule is O=C(/C=C/c1ccc(COc2ccc(F)c(Cl)c2)o1)c1ccc2ccccc2c1. The number of ketones is 1. The third-order valence-electron chi connectivity index (χ3n) is 4.39. The van der Waals surface area contributed by atoms with Crippen LogP contribution in [0.25, 0.3) is 16.8 Å². The molecule has 0 aliphatic rings. The lowest BCUT2D eigenvalue weighted by Crippen LogP contribution is -1.94. The number of rotatable bonds is 6. The zero-order chi connectivity index (χ0) is 20.2. The summed E-state index contributed by atoms with van der Waals surface area (Å²) in [5.74, 6) is 0.945. The predicted octanol–water partition coefficient (Wildman–Crippen LogP) is 6.70. The Kier molecular flexibility index (Phi) is 5.45. The average molecular weight is 407 g/mol. The molecule has 4 aromatic rings. The van der Waals surface area contributed by atoms with Crippen molar-refractivity contribution in [3.63, 3.8) is 0 Å². The summed E-state index contributed by atoms with van der Waals surface area (Å²) >= 11 is 5.73. The Balaban J connectivity index is 1.40. The second kappa shape index (κ2) is 8.33. The van der Waals surface area contributed by atoms with Crippen molar-refractivity contribution in [3.8, 4) is 5.75 Å². The van der Waals surface area contributed by atoms with Gasteiger partial charge in [0.25, 0.3) is 0 Å². The van der Waals surface area contributed by atoms with E-state index in [2.05, 4.69) is 0 Å². The van der Waals surface area contributed by atoms with Crippen LogP contribution in [0.4, 0.5) is 4.39 Å². The van der Waals surface area contributed by atoms with Crippen molar-refractivity contribution >= 4 is 34.2 Å². The van der Waals surface area contributed by atoms with Gasteiger partial charge >= 0.3 is 0 Å². The maximum Gasteiger partial charge on any atom is 0.185 e. The monoisotopic (exact) mass is 406 g/mol. The number of halogens is 2. The van der Waals surface area contributed by atoms with Crippen molar-refractivity contribution in [2.75, 3.05) is 0 Å². The number of ether oxygens (including phenoxy) is 1. The molecule has 1 heterocycles. The molecule has 0 radical (unpaired) electrons. The van der Waals surface area contributed by atoms with Crippen LogP contribution >= 0.6 is 11.6 Å². The fourth-order valence-corrected chi connectivity index (χ4v) is 3.05. The lowest BCUT2D eigenvalue weighted by molar-refractivity contribution is 0.104. The molecule has 1 aromatic heterocycles. The molecule has 0 aliphatic carbocycles. The molecule has 3 nitrogen and oxygen atoms in total. The van der Waals surface area contributed by atoms with Gasteiger partial charge in [-0.1, -0.05) is 48.0 Å². The molecule has 3 aromatic carbocycles. The molecule has 0 bridgehead atoms. The van der Waals surface area contributed by atoms with Crippen LogP contribution in [-0.2, 0) is 6.61 Å². The van der Waals surface area contributed by atoms with Crippen LogP contribution in [0.5, 0.6) is 5.75 Å². The van der Waals surface area contributed by atoms with Crippen LogP contribution in [-0.4, -0.2) is 5.78 Å². The molecule has 144 valence electrons. The predicted molar refractivity (Wildman–Crippen MR) is 112 cm³/mol. The number of allylic oxidation sites excluding steroid dienone is 1. The first kappa shape index (κ1) is 19.0. The van der Waals surface area contributed by atoms with Gasteiger partial charge in [-0.15, -0.1) is 0 Å². The zero-order valence-electron chi connectivity index (χ0n) is 15.3. The van der Waals surface area contributed by atoms with E-state index < -0.39 is 5.82 Å². The molecular formula is C24H16ClFO3. The normalized spacial score (nSPS) is 11.2. The third kappa shape index (κ3) is 4.55. The summed E-state index contributed by atoms with van der Waals surface area (Å²) in [5.41, 5.74) is 0.614. The van der Waals surface area contributed by atoms with Gasteiger partial charge < -0.3 is 9.15 Å². The number of carbonyl (C=O) groups excluding carboxylic acids is 1. The van der Waals surface area contributed by atoms with Gasteiger partial charge in [0, 0.05) is 11.6 Å². The van der Waals surface area contributed by atoms with Crippen LogP contribution in [0.1, 0.15) is 21.9 Å². The van der Waals surface area contributed by atoms with Gasteiger partial charge in [0.1, 0.15) is 29.7 Å². The first-order valence-electron chi connectivity index (χ1n) is 8.96. The summed E-state index contributed by atoms with van der Waals surface area (Å²) < 4.78 is 24.4. The van der Waals surface area contributed by atoms with Crippen LogP contribution in [0.15, 0.2) is 83.3 Å². The highest BCUT2D eigenvalue weighted by atomic mass is 35.5. The van der Waals surface area contributed by atoms with E-state index in [0.717, 1.165) is 10.8 Å². The molecule has 0 N–H and O–H groups in total. The zero-order valence-corrected chi connectivity index (χ0v) is 16.0. The molecule has 0 fully saturated rings. The van der Waals surface area contributed by atoms with Crippen LogP contribution in [0.3, 0.4) is 0 Å². The van der Waals surface area contributed by atoms with Crippen molar-refractivity contribution < 1.29 is 18.3 Å². The van der Waals surface area contributed by atoms with E-state index in [9.17, 15) is 9.18 Å². The smallest absolute Gasteiger partial charge is 0.185 e. The molecule has 0 amide bonds. The van der Waals surface area contributed by atoms with Crippen molar-refractivity contribution in [1.29, 1.82) is 0 Å². The maximum atomic E-state index is 13.2. The summed E-state index contributed by atoms with van der Waals surface area (Å²) in [5, 5.41) is 2.11. The largest absolute Gasteiger partial charge is 0.486 e. The van der Waals surface area contributed by atoms with Gasteiger partial charge in [-0.2, -0.15) is 0 Å². The van der Waals surface area contributed by atoms with Crippen molar-refractivity contribution in [2.24, 2.45) is 0 Å². The van der Waals surface area contributed by atoms with Crippen molar-refractivity contribution in [3.05, 3.63) is 107 Å². The number of furan rings is 1. The Bertz CT molecular complexity index is 1210. The van der Waals surface area contributed by atoms with Crippen LogP contribution < -0.4 is 4.74 Å². The van der Waals surface area contributed by atoms with E-state index >= 15 is 0 Å². The molecule has 0 spiro atoms. The average Bonchev–Trinajstić information content (AvgIpc) is 3.20. The lowest BCUT2D eigenvalue weighted by Gasteiger charge is -2.04. The summed E-state index contributed by atoms with van der Waals surface area (Å²) in [6.45, 7) is 0.161.